The second-order valence-corrected chi connectivity index (χ2v) is 1.70. The van der Waals surface area contributed by atoms with Crippen LogP contribution in [0.25, 0.3) is 0 Å². The van der Waals surface area contributed by atoms with Crippen molar-refractivity contribution in [1.82, 2.24) is 0 Å². The van der Waals surface area contributed by atoms with Crippen LogP contribution in [0.4, 0.5) is 0 Å². The molecule has 0 aliphatic carbocycles. The van der Waals surface area contributed by atoms with E-state index in [4.69, 9.17) is 0 Å². The van der Waals surface area contributed by atoms with Gasteiger partial charge in [0.15, 0.2) is 0 Å². The van der Waals surface area contributed by atoms with Crippen molar-refractivity contribution < 1.29 is 9.53 Å². The summed E-state index contributed by atoms with van der Waals surface area (Å²) >= 11 is 3.07. The summed E-state index contributed by atoms with van der Waals surface area (Å²) in [6.45, 7) is 3.40. The van der Waals surface area contributed by atoms with Crippen LogP contribution in [0.2, 0.25) is 0 Å². The number of carbonyl (C=O) groups is 1. The Labute approximate surface area is 51.0 Å². The monoisotopic (exact) mass is 165 g/mol. The molecule has 0 saturated carbocycles. The Bertz CT molecular complexity index is 62.7. The van der Waals surface area contributed by atoms with Gasteiger partial charge in [-0.1, -0.05) is 15.9 Å². The summed E-state index contributed by atoms with van der Waals surface area (Å²) in [4.78, 5) is 9.85. The van der Waals surface area contributed by atoms with Crippen molar-refractivity contribution >= 4 is 21.9 Å². The van der Waals surface area contributed by atoms with Crippen molar-refractivity contribution in [2.24, 2.45) is 0 Å². The van der Waals surface area contributed by atoms with E-state index >= 15 is 0 Å². The maximum Gasteiger partial charge on any atom is 0.306 e. The van der Waals surface area contributed by atoms with Crippen LogP contribution in [0.3, 0.4) is 0 Å². The second kappa shape index (κ2) is 4.12. The SMILES string of the molecule is [CH2]C(=O)OCCBr. The van der Waals surface area contributed by atoms with E-state index in [9.17, 15) is 4.79 Å². The normalized spacial score (nSPS) is 8.29. The molecule has 0 fully saturated rings. The van der Waals surface area contributed by atoms with Crippen molar-refractivity contribution in [3.8, 4) is 0 Å². The molecule has 1 radical (unpaired) electrons. The minimum absolute atomic E-state index is 0.405. The zero-order valence-electron chi connectivity index (χ0n) is 3.82. The average Bonchev–Trinajstić information content (AvgIpc) is 1.61. The quantitative estimate of drug-likeness (QED) is 0.447. The fourth-order valence-corrected chi connectivity index (χ4v) is 0.314. The summed E-state index contributed by atoms with van der Waals surface area (Å²) < 4.78 is 4.39. The molecule has 0 atom stereocenters. The standard InChI is InChI=1S/C4H6BrO2/c1-4(6)7-3-2-5/h1-3H2. The van der Waals surface area contributed by atoms with E-state index in [0.29, 0.717) is 11.9 Å². The van der Waals surface area contributed by atoms with Crippen molar-refractivity contribution in [2.75, 3.05) is 11.9 Å². The number of rotatable bonds is 2. The van der Waals surface area contributed by atoms with E-state index in [1.807, 2.05) is 0 Å². The Morgan fingerprint density at radius 1 is 1.86 bits per heavy atom. The van der Waals surface area contributed by atoms with Crippen LogP contribution in [0.5, 0.6) is 0 Å². The summed E-state index contributed by atoms with van der Waals surface area (Å²) in [5.74, 6) is -0.473. The van der Waals surface area contributed by atoms with Crippen molar-refractivity contribution in [3.05, 3.63) is 6.92 Å². The molecule has 0 aliphatic rings. The summed E-state index contributed by atoms with van der Waals surface area (Å²) in [5, 5.41) is 0.675. The molecule has 0 bridgehead atoms. The van der Waals surface area contributed by atoms with Crippen LogP contribution in [-0.2, 0) is 9.53 Å². The molecule has 3 heteroatoms. The maximum atomic E-state index is 9.85. The van der Waals surface area contributed by atoms with Gasteiger partial charge >= 0.3 is 5.97 Å². The zero-order valence-corrected chi connectivity index (χ0v) is 5.40. The van der Waals surface area contributed by atoms with Gasteiger partial charge in [-0.2, -0.15) is 0 Å². The van der Waals surface area contributed by atoms with Gasteiger partial charge in [-0.05, 0) is 0 Å². The van der Waals surface area contributed by atoms with Gasteiger partial charge in [0.2, 0.25) is 0 Å². The number of alkyl halides is 1. The average molecular weight is 166 g/mol. The molecular formula is C4H6BrO2. The summed E-state index contributed by atoms with van der Waals surface area (Å²) in [5.41, 5.74) is 0. The molecule has 0 aromatic carbocycles. The van der Waals surface area contributed by atoms with Crippen LogP contribution >= 0.6 is 15.9 Å². The van der Waals surface area contributed by atoms with Gasteiger partial charge in [0.05, 0.1) is 6.92 Å². The van der Waals surface area contributed by atoms with Gasteiger partial charge in [0.25, 0.3) is 0 Å². The predicted molar refractivity (Wildman–Crippen MR) is 30.1 cm³/mol. The molecule has 0 rings (SSSR count). The van der Waals surface area contributed by atoms with Crippen molar-refractivity contribution in [2.45, 2.75) is 0 Å². The second-order valence-electron chi connectivity index (χ2n) is 0.909. The number of ether oxygens (including phenoxy) is 1. The third-order valence-electron chi connectivity index (χ3n) is 0.340. The number of esters is 1. The van der Waals surface area contributed by atoms with Gasteiger partial charge in [-0.25, -0.2) is 0 Å². The van der Waals surface area contributed by atoms with E-state index in [2.05, 4.69) is 27.6 Å². The Morgan fingerprint density at radius 3 is 2.57 bits per heavy atom. The van der Waals surface area contributed by atoms with E-state index in [0.717, 1.165) is 0 Å². The molecule has 0 aromatic rings. The summed E-state index contributed by atoms with van der Waals surface area (Å²) in [6, 6.07) is 0. The lowest BCUT2D eigenvalue weighted by atomic mass is 10.8. The Morgan fingerprint density at radius 2 is 2.43 bits per heavy atom. The van der Waals surface area contributed by atoms with Crippen molar-refractivity contribution in [1.29, 1.82) is 0 Å². The molecule has 7 heavy (non-hydrogen) atoms. The summed E-state index contributed by atoms with van der Waals surface area (Å²) in [7, 11) is 0. The largest absolute Gasteiger partial charge is 0.465 e. The Hall–Kier alpha value is -0.0500. The first-order valence-electron chi connectivity index (χ1n) is 1.82. The first-order chi connectivity index (χ1) is 3.27. The third kappa shape index (κ3) is 5.95. The maximum absolute atomic E-state index is 9.85. The number of halogens is 1. The molecule has 0 amide bonds. The van der Waals surface area contributed by atoms with E-state index in [1.165, 1.54) is 0 Å². The van der Waals surface area contributed by atoms with Gasteiger partial charge in [0, 0.05) is 5.33 Å². The third-order valence-corrected chi connectivity index (χ3v) is 0.664. The fraction of sp³-hybridized carbons (Fsp3) is 0.500. The molecule has 0 spiro atoms. The molecule has 2 nitrogen and oxygen atoms in total. The predicted octanol–water partition coefficient (Wildman–Crippen LogP) is 0.759. The lowest BCUT2D eigenvalue weighted by Crippen LogP contribution is -2.00. The molecule has 41 valence electrons. The fourth-order valence-electron chi connectivity index (χ4n) is 0.152. The van der Waals surface area contributed by atoms with Crippen LogP contribution in [0, 0.1) is 6.92 Å². The number of hydrogen-bond donors (Lipinski definition) is 0. The Balaban J connectivity index is 2.82. The first-order valence-corrected chi connectivity index (χ1v) is 2.94. The summed E-state index contributed by atoms with van der Waals surface area (Å²) in [6.07, 6.45) is 0. The van der Waals surface area contributed by atoms with Gasteiger partial charge in [-0.3, -0.25) is 4.79 Å². The van der Waals surface area contributed by atoms with Gasteiger partial charge in [0.1, 0.15) is 6.61 Å². The topological polar surface area (TPSA) is 26.3 Å². The minimum Gasteiger partial charge on any atom is -0.465 e. The molecule has 0 N–H and O–H groups in total. The highest BCUT2D eigenvalue weighted by Gasteiger charge is 1.86. The number of carbonyl (C=O) groups excluding carboxylic acids is 1. The van der Waals surface area contributed by atoms with Crippen LogP contribution in [0.15, 0.2) is 0 Å². The smallest absolute Gasteiger partial charge is 0.306 e. The van der Waals surface area contributed by atoms with E-state index in [1.54, 1.807) is 0 Å². The lowest BCUT2D eigenvalue weighted by molar-refractivity contribution is -0.137. The molecular weight excluding hydrogens is 160 g/mol. The Kier molecular flexibility index (Phi) is 4.09. The first kappa shape index (κ1) is 6.95. The highest BCUT2D eigenvalue weighted by Crippen LogP contribution is 1.80. The minimum atomic E-state index is -0.473. The van der Waals surface area contributed by atoms with Gasteiger partial charge < -0.3 is 4.74 Å². The van der Waals surface area contributed by atoms with Crippen LogP contribution in [0.1, 0.15) is 0 Å². The molecule has 0 heterocycles. The highest BCUT2D eigenvalue weighted by molar-refractivity contribution is 9.09. The van der Waals surface area contributed by atoms with Crippen LogP contribution in [-0.4, -0.2) is 17.9 Å². The van der Waals surface area contributed by atoms with Gasteiger partial charge in [-0.15, -0.1) is 0 Å². The molecule has 0 aromatic heterocycles. The molecule has 0 unspecified atom stereocenters. The zero-order chi connectivity index (χ0) is 5.70. The highest BCUT2D eigenvalue weighted by atomic mass is 79.9. The van der Waals surface area contributed by atoms with E-state index < -0.39 is 5.97 Å². The molecule has 0 saturated heterocycles. The van der Waals surface area contributed by atoms with E-state index in [-0.39, 0.29) is 0 Å². The van der Waals surface area contributed by atoms with Crippen LogP contribution < -0.4 is 0 Å². The van der Waals surface area contributed by atoms with Crippen molar-refractivity contribution in [3.63, 3.8) is 0 Å². The number of hydrogen-bond acceptors (Lipinski definition) is 2. The lowest BCUT2D eigenvalue weighted by Gasteiger charge is -1.92. The molecule has 0 aliphatic heterocycles.